The number of imidazole rings is 1. The van der Waals surface area contributed by atoms with Crippen molar-refractivity contribution >= 4 is 36.4 Å². The van der Waals surface area contributed by atoms with E-state index in [-0.39, 0.29) is 36.6 Å². The molecule has 1 fully saturated rings. The lowest BCUT2D eigenvalue weighted by Crippen LogP contribution is -2.29. The molecule has 3 rings (SSSR count). The number of hydrogen-bond donors (Lipinski definition) is 3. The molecule has 2 atom stereocenters. The van der Waals surface area contributed by atoms with Gasteiger partial charge in [0, 0.05) is 29.6 Å². The Hall–Kier alpha value is -1.56. The predicted molar refractivity (Wildman–Crippen MR) is 97.0 cm³/mol. The fourth-order valence-corrected chi connectivity index (χ4v) is 3.03. The molecule has 7 heteroatoms. The lowest BCUT2D eigenvalue weighted by molar-refractivity contribution is -0.120. The lowest BCUT2D eigenvalue weighted by Gasteiger charge is -2.17. The van der Waals surface area contributed by atoms with Crippen molar-refractivity contribution in [1.29, 1.82) is 0 Å². The van der Waals surface area contributed by atoms with E-state index in [1.54, 1.807) is 12.4 Å². The molecule has 1 saturated carbocycles. The van der Waals surface area contributed by atoms with E-state index in [4.69, 9.17) is 5.73 Å². The summed E-state index contributed by atoms with van der Waals surface area (Å²) in [4.78, 5) is 19.6. The van der Waals surface area contributed by atoms with Gasteiger partial charge in [0.2, 0.25) is 5.91 Å². The number of nitrogens with one attached hydrogen (secondary N) is 2. The topological polar surface area (TPSA) is 83.8 Å². The third-order valence-electron chi connectivity index (χ3n) is 4.22. The largest absolute Gasteiger partial charge is 0.345 e. The van der Waals surface area contributed by atoms with Crippen molar-refractivity contribution in [2.45, 2.75) is 19.3 Å². The summed E-state index contributed by atoms with van der Waals surface area (Å²) in [7, 11) is 0. The van der Waals surface area contributed by atoms with Gasteiger partial charge < -0.3 is 16.0 Å². The standard InChI is InChI=1S/C16H20N4O.2ClH/c17-10-12-2-1-3-14(12)16(21)20-13-6-4-11(5-7-13)15-18-8-9-19-15;;/h4-9,12,14H,1-3,10,17H2,(H,18,19)(H,20,21);2*1H/t12-,14-;;/m1../s1. The van der Waals surface area contributed by atoms with Crippen molar-refractivity contribution in [1.82, 2.24) is 9.97 Å². The third kappa shape index (κ3) is 4.47. The van der Waals surface area contributed by atoms with E-state index in [0.717, 1.165) is 36.3 Å². The first kappa shape index (κ1) is 19.5. The number of hydrogen-bond acceptors (Lipinski definition) is 3. The lowest BCUT2D eigenvalue weighted by atomic mass is 9.95. The zero-order valence-corrected chi connectivity index (χ0v) is 14.3. The summed E-state index contributed by atoms with van der Waals surface area (Å²) in [5.41, 5.74) is 7.56. The maximum atomic E-state index is 12.3. The Morgan fingerprint density at radius 2 is 2.00 bits per heavy atom. The van der Waals surface area contributed by atoms with E-state index in [1.807, 2.05) is 24.3 Å². The molecule has 1 heterocycles. The maximum Gasteiger partial charge on any atom is 0.227 e. The number of aromatic nitrogens is 2. The number of anilines is 1. The fourth-order valence-electron chi connectivity index (χ4n) is 3.03. The Morgan fingerprint density at radius 3 is 2.61 bits per heavy atom. The van der Waals surface area contributed by atoms with Crippen LogP contribution in [0.1, 0.15) is 19.3 Å². The van der Waals surface area contributed by atoms with Crippen molar-refractivity contribution in [3.05, 3.63) is 36.7 Å². The van der Waals surface area contributed by atoms with Crippen LogP contribution in [-0.4, -0.2) is 22.4 Å². The quantitative estimate of drug-likeness (QED) is 0.786. The summed E-state index contributed by atoms with van der Waals surface area (Å²) >= 11 is 0. The second-order valence-electron chi connectivity index (χ2n) is 5.54. The smallest absolute Gasteiger partial charge is 0.227 e. The minimum absolute atomic E-state index is 0. The van der Waals surface area contributed by atoms with Crippen molar-refractivity contribution in [2.75, 3.05) is 11.9 Å². The molecule has 1 aliphatic carbocycles. The first-order valence-electron chi connectivity index (χ1n) is 7.38. The molecule has 0 bridgehead atoms. The van der Waals surface area contributed by atoms with Gasteiger partial charge in [-0.2, -0.15) is 0 Å². The predicted octanol–water partition coefficient (Wildman–Crippen LogP) is 3.23. The highest BCUT2D eigenvalue weighted by Gasteiger charge is 2.31. The number of benzene rings is 1. The van der Waals surface area contributed by atoms with Crippen LogP contribution in [0.4, 0.5) is 5.69 Å². The van der Waals surface area contributed by atoms with Crippen LogP contribution in [0.2, 0.25) is 0 Å². The van der Waals surface area contributed by atoms with Gasteiger partial charge in [-0.25, -0.2) is 4.98 Å². The van der Waals surface area contributed by atoms with E-state index < -0.39 is 0 Å². The maximum absolute atomic E-state index is 12.3. The Morgan fingerprint density at radius 1 is 1.26 bits per heavy atom. The number of H-pyrrole nitrogens is 1. The highest BCUT2D eigenvalue weighted by molar-refractivity contribution is 5.93. The van der Waals surface area contributed by atoms with Crippen LogP contribution in [0.3, 0.4) is 0 Å². The second-order valence-corrected chi connectivity index (χ2v) is 5.54. The van der Waals surface area contributed by atoms with Crippen LogP contribution in [0.25, 0.3) is 11.4 Å². The minimum Gasteiger partial charge on any atom is -0.345 e. The number of nitrogens with zero attached hydrogens (tertiary/aromatic N) is 1. The van der Waals surface area contributed by atoms with Gasteiger partial charge in [-0.1, -0.05) is 6.42 Å². The second kappa shape index (κ2) is 8.91. The Balaban J connectivity index is 0.00000132. The number of halogens is 2. The molecule has 4 N–H and O–H groups in total. The molecule has 0 aliphatic heterocycles. The molecule has 1 amide bonds. The normalized spacial score (nSPS) is 19.5. The number of nitrogens with two attached hydrogens (primary N) is 1. The van der Waals surface area contributed by atoms with Crippen LogP contribution in [0, 0.1) is 11.8 Å². The van der Waals surface area contributed by atoms with E-state index in [0.29, 0.717) is 12.5 Å². The average molecular weight is 357 g/mol. The summed E-state index contributed by atoms with van der Waals surface area (Å²) in [6, 6.07) is 7.71. The van der Waals surface area contributed by atoms with E-state index in [1.165, 1.54) is 0 Å². The summed E-state index contributed by atoms with van der Waals surface area (Å²) in [6.45, 7) is 0.593. The zero-order valence-electron chi connectivity index (χ0n) is 12.7. The molecular formula is C16H22Cl2N4O. The van der Waals surface area contributed by atoms with Gasteiger partial charge in [0.15, 0.2) is 0 Å². The molecule has 23 heavy (non-hydrogen) atoms. The van der Waals surface area contributed by atoms with Gasteiger partial charge in [-0.3, -0.25) is 4.79 Å². The van der Waals surface area contributed by atoms with Gasteiger partial charge in [0.25, 0.3) is 0 Å². The van der Waals surface area contributed by atoms with Crippen molar-refractivity contribution in [3.8, 4) is 11.4 Å². The Kier molecular flexibility index (Phi) is 7.55. The van der Waals surface area contributed by atoms with Crippen molar-refractivity contribution < 1.29 is 4.79 Å². The zero-order chi connectivity index (χ0) is 14.7. The first-order valence-corrected chi connectivity index (χ1v) is 7.38. The number of rotatable bonds is 4. The van der Waals surface area contributed by atoms with E-state index in [2.05, 4.69) is 15.3 Å². The average Bonchev–Trinajstić information content (AvgIpc) is 3.19. The van der Waals surface area contributed by atoms with Gasteiger partial charge >= 0.3 is 0 Å². The van der Waals surface area contributed by atoms with Crippen LogP contribution in [0.5, 0.6) is 0 Å². The van der Waals surface area contributed by atoms with Crippen molar-refractivity contribution in [2.24, 2.45) is 17.6 Å². The Labute approximate surface area is 148 Å². The highest BCUT2D eigenvalue weighted by atomic mass is 35.5. The molecular weight excluding hydrogens is 335 g/mol. The fraction of sp³-hybridized carbons (Fsp3) is 0.375. The van der Waals surface area contributed by atoms with Crippen molar-refractivity contribution in [3.63, 3.8) is 0 Å². The number of carbonyl (C=O) groups excluding carboxylic acids is 1. The molecule has 0 unspecified atom stereocenters. The minimum atomic E-state index is 0. The highest BCUT2D eigenvalue weighted by Crippen LogP contribution is 2.32. The summed E-state index contributed by atoms with van der Waals surface area (Å²) in [5, 5.41) is 3.00. The molecule has 0 radical (unpaired) electrons. The molecule has 5 nitrogen and oxygen atoms in total. The molecule has 0 spiro atoms. The molecule has 2 aromatic rings. The third-order valence-corrected chi connectivity index (χ3v) is 4.22. The molecule has 1 aromatic heterocycles. The van der Waals surface area contributed by atoms with Gasteiger partial charge in [-0.15, -0.1) is 24.8 Å². The van der Waals surface area contributed by atoms with Crippen LogP contribution < -0.4 is 11.1 Å². The SMILES string of the molecule is Cl.Cl.NC[C@H]1CCC[C@H]1C(=O)Nc1ccc(-c2ncc[nH]2)cc1. The van der Waals surface area contributed by atoms with Gasteiger partial charge in [0.1, 0.15) is 5.82 Å². The summed E-state index contributed by atoms with van der Waals surface area (Å²) in [5.74, 6) is 1.30. The summed E-state index contributed by atoms with van der Waals surface area (Å²) in [6.07, 6.45) is 6.61. The molecule has 1 aliphatic rings. The van der Waals surface area contributed by atoms with Crippen LogP contribution >= 0.6 is 24.8 Å². The summed E-state index contributed by atoms with van der Waals surface area (Å²) < 4.78 is 0. The van der Waals surface area contributed by atoms with E-state index in [9.17, 15) is 4.79 Å². The molecule has 1 aromatic carbocycles. The van der Waals surface area contributed by atoms with Crippen LogP contribution in [-0.2, 0) is 4.79 Å². The number of amides is 1. The molecule has 126 valence electrons. The monoisotopic (exact) mass is 356 g/mol. The first-order chi connectivity index (χ1) is 10.3. The van der Waals surface area contributed by atoms with Gasteiger partial charge in [-0.05, 0) is 49.6 Å². The van der Waals surface area contributed by atoms with Gasteiger partial charge in [0.05, 0.1) is 0 Å². The number of aromatic amines is 1. The molecule has 0 saturated heterocycles. The van der Waals surface area contributed by atoms with E-state index >= 15 is 0 Å². The number of carbonyl (C=O) groups is 1. The Bertz CT molecular complexity index is 601. The van der Waals surface area contributed by atoms with Crippen LogP contribution in [0.15, 0.2) is 36.7 Å².